The van der Waals surface area contributed by atoms with E-state index >= 15 is 0 Å². The summed E-state index contributed by atoms with van der Waals surface area (Å²) in [5, 5.41) is 6.44. The lowest BCUT2D eigenvalue weighted by atomic mass is 10.2. The summed E-state index contributed by atoms with van der Waals surface area (Å²) in [5.41, 5.74) is 0. The van der Waals surface area contributed by atoms with Gasteiger partial charge in [-0.05, 0) is 48.1 Å². The zero-order chi connectivity index (χ0) is 11.3. The molecule has 86 valence electrons. The smallest absolute Gasteiger partial charge is 0.0386 e. The minimum Gasteiger partial charge on any atom is -0.309 e. The summed E-state index contributed by atoms with van der Waals surface area (Å²) in [6, 6.07) is 2.66. The molecule has 2 atom stereocenters. The zero-order valence-electron chi connectivity index (χ0n) is 9.42. The SMILES string of the molecule is CSC(C)CCNC(C)c1cc(Br)cs1. The zero-order valence-corrected chi connectivity index (χ0v) is 12.6. The van der Waals surface area contributed by atoms with E-state index in [2.05, 4.69) is 52.8 Å². The Labute approximate surface area is 109 Å². The second-order valence-corrected chi connectivity index (χ2v) is 6.81. The van der Waals surface area contributed by atoms with Crippen LogP contribution in [0.4, 0.5) is 0 Å². The first-order valence-electron chi connectivity index (χ1n) is 5.13. The molecule has 0 aromatic carbocycles. The van der Waals surface area contributed by atoms with Gasteiger partial charge in [0.1, 0.15) is 0 Å². The van der Waals surface area contributed by atoms with E-state index in [0.29, 0.717) is 6.04 Å². The fraction of sp³-hybridized carbons (Fsp3) is 0.636. The Bertz CT molecular complexity index is 288. The van der Waals surface area contributed by atoms with Gasteiger partial charge in [-0.2, -0.15) is 11.8 Å². The van der Waals surface area contributed by atoms with Gasteiger partial charge < -0.3 is 5.32 Å². The van der Waals surface area contributed by atoms with Crippen molar-refractivity contribution >= 4 is 39.0 Å². The Hall–Kier alpha value is 0.490. The summed E-state index contributed by atoms with van der Waals surface area (Å²) in [7, 11) is 0. The van der Waals surface area contributed by atoms with Crippen molar-refractivity contribution in [1.82, 2.24) is 5.32 Å². The number of nitrogens with one attached hydrogen (secondary N) is 1. The van der Waals surface area contributed by atoms with Gasteiger partial charge in [-0.1, -0.05) is 6.92 Å². The highest BCUT2D eigenvalue weighted by Crippen LogP contribution is 2.25. The van der Waals surface area contributed by atoms with Gasteiger partial charge >= 0.3 is 0 Å². The quantitative estimate of drug-likeness (QED) is 0.841. The Balaban J connectivity index is 2.27. The highest BCUT2D eigenvalue weighted by molar-refractivity contribution is 9.10. The van der Waals surface area contributed by atoms with Crippen LogP contribution >= 0.6 is 39.0 Å². The van der Waals surface area contributed by atoms with Gasteiger partial charge in [0.2, 0.25) is 0 Å². The van der Waals surface area contributed by atoms with Gasteiger partial charge in [-0.25, -0.2) is 0 Å². The minimum absolute atomic E-state index is 0.468. The van der Waals surface area contributed by atoms with Crippen LogP contribution in [0.5, 0.6) is 0 Å². The second-order valence-electron chi connectivity index (χ2n) is 3.68. The summed E-state index contributed by atoms with van der Waals surface area (Å²) >= 11 is 7.22. The Kier molecular flexibility index (Phi) is 6.27. The van der Waals surface area contributed by atoms with Gasteiger partial charge in [-0.15, -0.1) is 11.3 Å². The number of thiophene rings is 1. The molecule has 0 radical (unpaired) electrons. The lowest BCUT2D eigenvalue weighted by molar-refractivity contribution is 0.564. The van der Waals surface area contributed by atoms with Crippen molar-refractivity contribution < 1.29 is 0 Å². The third-order valence-corrected chi connectivity index (χ3v) is 5.33. The Morgan fingerprint density at radius 2 is 2.27 bits per heavy atom. The lowest BCUT2D eigenvalue weighted by Gasteiger charge is -2.13. The molecule has 0 aliphatic carbocycles. The standard InChI is InChI=1S/C11H18BrNS2/c1-8(14-3)4-5-13-9(2)11-6-10(12)7-15-11/h6-9,13H,4-5H2,1-3H3. The van der Waals surface area contributed by atoms with Gasteiger partial charge in [0, 0.05) is 26.0 Å². The molecule has 4 heteroatoms. The van der Waals surface area contributed by atoms with Crippen molar-refractivity contribution in [2.24, 2.45) is 0 Å². The fourth-order valence-corrected chi connectivity index (χ4v) is 3.11. The molecule has 1 N–H and O–H groups in total. The molecular weight excluding hydrogens is 290 g/mol. The molecular formula is C11H18BrNS2. The molecule has 2 unspecified atom stereocenters. The number of thioether (sulfide) groups is 1. The van der Waals surface area contributed by atoms with Crippen LogP contribution in [-0.4, -0.2) is 18.1 Å². The first-order chi connectivity index (χ1) is 7.13. The third-order valence-electron chi connectivity index (χ3n) is 2.42. The molecule has 0 saturated carbocycles. The molecule has 1 heterocycles. The predicted molar refractivity (Wildman–Crippen MR) is 76.0 cm³/mol. The van der Waals surface area contributed by atoms with Gasteiger partial charge in [0.15, 0.2) is 0 Å². The summed E-state index contributed by atoms with van der Waals surface area (Å²) < 4.78 is 1.19. The van der Waals surface area contributed by atoms with Crippen molar-refractivity contribution in [1.29, 1.82) is 0 Å². The minimum atomic E-state index is 0.468. The van der Waals surface area contributed by atoms with Crippen molar-refractivity contribution in [3.63, 3.8) is 0 Å². The summed E-state index contributed by atoms with van der Waals surface area (Å²) in [6.45, 7) is 5.60. The monoisotopic (exact) mass is 307 g/mol. The van der Waals surface area contributed by atoms with Crippen molar-refractivity contribution in [3.05, 3.63) is 20.8 Å². The first-order valence-corrected chi connectivity index (χ1v) is 8.09. The van der Waals surface area contributed by atoms with Crippen LogP contribution in [0.1, 0.15) is 31.2 Å². The maximum atomic E-state index is 3.55. The van der Waals surface area contributed by atoms with Crippen molar-refractivity contribution in [3.8, 4) is 0 Å². The van der Waals surface area contributed by atoms with Crippen LogP contribution in [0.2, 0.25) is 0 Å². The maximum Gasteiger partial charge on any atom is 0.0386 e. The number of hydrogen-bond donors (Lipinski definition) is 1. The molecule has 1 aromatic heterocycles. The molecule has 0 aliphatic rings. The molecule has 0 spiro atoms. The number of halogens is 1. The maximum absolute atomic E-state index is 3.55. The van der Waals surface area contributed by atoms with Crippen molar-refractivity contribution in [2.75, 3.05) is 12.8 Å². The van der Waals surface area contributed by atoms with E-state index in [1.807, 2.05) is 23.1 Å². The summed E-state index contributed by atoms with van der Waals surface area (Å²) in [4.78, 5) is 1.40. The molecule has 1 aromatic rings. The molecule has 15 heavy (non-hydrogen) atoms. The van der Waals surface area contributed by atoms with E-state index in [4.69, 9.17) is 0 Å². The second kappa shape index (κ2) is 6.94. The average molecular weight is 308 g/mol. The average Bonchev–Trinajstić information content (AvgIpc) is 2.64. The van der Waals surface area contributed by atoms with E-state index in [0.717, 1.165) is 11.8 Å². The largest absolute Gasteiger partial charge is 0.309 e. The van der Waals surface area contributed by atoms with E-state index < -0.39 is 0 Å². The van der Waals surface area contributed by atoms with E-state index in [-0.39, 0.29) is 0 Å². The Morgan fingerprint density at radius 1 is 1.53 bits per heavy atom. The summed E-state index contributed by atoms with van der Waals surface area (Å²) in [5.74, 6) is 0. The molecule has 0 fully saturated rings. The van der Waals surface area contributed by atoms with Crippen LogP contribution < -0.4 is 5.32 Å². The number of hydrogen-bond acceptors (Lipinski definition) is 3. The summed E-state index contributed by atoms with van der Waals surface area (Å²) in [6.07, 6.45) is 3.41. The molecule has 0 saturated heterocycles. The van der Waals surface area contributed by atoms with Crippen molar-refractivity contribution in [2.45, 2.75) is 31.6 Å². The van der Waals surface area contributed by atoms with Gasteiger partial charge in [0.05, 0.1) is 0 Å². The predicted octanol–water partition coefficient (Wildman–Crippen LogP) is 4.30. The Morgan fingerprint density at radius 3 is 2.80 bits per heavy atom. The molecule has 0 amide bonds. The highest BCUT2D eigenvalue weighted by atomic mass is 79.9. The van der Waals surface area contributed by atoms with Crippen LogP contribution in [0.3, 0.4) is 0 Å². The topological polar surface area (TPSA) is 12.0 Å². The van der Waals surface area contributed by atoms with Crippen LogP contribution in [0.15, 0.2) is 15.9 Å². The molecule has 1 rings (SSSR count). The normalized spacial score (nSPS) is 15.2. The first kappa shape index (κ1) is 13.6. The molecule has 0 bridgehead atoms. The molecule has 1 nitrogen and oxygen atoms in total. The molecule has 0 aliphatic heterocycles. The lowest BCUT2D eigenvalue weighted by Crippen LogP contribution is -2.21. The van der Waals surface area contributed by atoms with Gasteiger partial charge in [-0.3, -0.25) is 0 Å². The number of rotatable bonds is 6. The third kappa shape index (κ3) is 4.89. The van der Waals surface area contributed by atoms with Crippen LogP contribution in [-0.2, 0) is 0 Å². The highest BCUT2D eigenvalue weighted by Gasteiger charge is 2.07. The van der Waals surface area contributed by atoms with E-state index in [1.165, 1.54) is 15.8 Å². The van der Waals surface area contributed by atoms with Crippen LogP contribution in [0.25, 0.3) is 0 Å². The van der Waals surface area contributed by atoms with E-state index in [9.17, 15) is 0 Å². The van der Waals surface area contributed by atoms with Gasteiger partial charge in [0.25, 0.3) is 0 Å². The van der Waals surface area contributed by atoms with E-state index in [1.54, 1.807) is 0 Å². The van der Waals surface area contributed by atoms with Crippen LogP contribution in [0, 0.1) is 0 Å². The fourth-order valence-electron chi connectivity index (χ4n) is 1.28.